The quantitative estimate of drug-likeness (QED) is 0.627. The van der Waals surface area contributed by atoms with Gasteiger partial charge in [0.25, 0.3) is 5.91 Å². The molecule has 3 aromatic rings. The minimum atomic E-state index is -4.92. The molecule has 0 bridgehead atoms. The molecule has 2 amide bonds. The monoisotopic (exact) mass is 472 g/mol. The lowest BCUT2D eigenvalue weighted by atomic mass is 9.77. The van der Waals surface area contributed by atoms with Crippen molar-refractivity contribution in [1.82, 2.24) is 0 Å². The molecule has 3 aliphatic heterocycles. The Hall–Kier alpha value is -4.15. The van der Waals surface area contributed by atoms with E-state index in [-0.39, 0.29) is 25.7 Å². The molecule has 0 radical (unpaired) electrons. The number of benzene rings is 2. The second-order valence-corrected chi connectivity index (χ2v) is 8.12. The summed E-state index contributed by atoms with van der Waals surface area (Å²) in [6.07, 6.45) is -4.92. The molecule has 3 aliphatic rings. The van der Waals surface area contributed by atoms with Crippen LogP contribution in [0.4, 0.5) is 18.9 Å². The Kier molecular flexibility index (Phi) is 4.02. The van der Waals surface area contributed by atoms with Crippen molar-refractivity contribution in [1.29, 1.82) is 0 Å². The molecule has 2 aromatic carbocycles. The van der Waals surface area contributed by atoms with Gasteiger partial charge in [0.05, 0.1) is 12.1 Å². The highest BCUT2D eigenvalue weighted by atomic mass is 19.4. The Labute approximate surface area is 189 Å². The summed E-state index contributed by atoms with van der Waals surface area (Å²) in [6.45, 7) is -0.298. The fraction of sp³-hybridized carbons (Fsp3) is 0.217. The molecule has 0 aliphatic carbocycles. The van der Waals surface area contributed by atoms with Crippen molar-refractivity contribution in [3.8, 4) is 17.2 Å². The zero-order chi connectivity index (χ0) is 23.8. The van der Waals surface area contributed by atoms with Crippen LogP contribution in [0.2, 0.25) is 0 Å². The smallest absolute Gasteiger partial charge is 0.450 e. The van der Waals surface area contributed by atoms with Crippen molar-refractivity contribution < 1.29 is 41.4 Å². The molecule has 6 rings (SSSR count). The lowest BCUT2D eigenvalue weighted by molar-refractivity contribution is -0.153. The summed E-state index contributed by atoms with van der Waals surface area (Å²) in [4.78, 5) is 26.8. The van der Waals surface area contributed by atoms with Crippen molar-refractivity contribution >= 4 is 17.5 Å². The van der Waals surface area contributed by atoms with Crippen LogP contribution in [-0.4, -0.2) is 25.2 Å². The van der Waals surface area contributed by atoms with Gasteiger partial charge in [-0.2, -0.15) is 13.2 Å². The number of primary amides is 1. The van der Waals surface area contributed by atoms with Gasteiger partial charge in [-0.25, -0.2) is 0 Å². The van der Waals surface area contributed by atoms with E-state index >= 15 is 0 Å². The molecule has 174 valence electrons. The van der Waals surface area contributed by atoms with Gasteiger partial charge < -0.3 is 29.3 Å². The number of nitrogens with two attached hydrogens (primary N) is 1. The number of alkyl halides is 3. The average Bonchev–Trinajstić information content (AvgIpc) is 3.55. The van der Waals surface area contributed by atoms with Crippen LogP contribution in [0.15, 0.2) is 46.9 Å². The van der Waals surface area contributed by atoms with E-state index in [1.54, 1.807) is 36.4 Å². The summed E-state index contributed by atoms with van der Waals surface area (Å²) in [5, 5.41) is 0. The highest BCUT2D eigenvalue weighted by molar-refractivity contribution is 6.11. The van der Waals surface area contributed by atoms with Crippen LogP contribution < -0.4 is 24.8 Å². The lowest BCUT2D eigenvalue weighted by Crippen LogP contribution is -2.42. The first kappa shape index (κ1) is 20.5. The number of carbonyl (C=O) groups is 2. The Morgan fingerprint density at radius 2 is 1.76 bits per heavy atom. The maximum Gasteiger partial charge on any atom is 0.450 e. The van der Waals surface area contributed by atoms with E-state index in [9.17, 15) is 22.8 Å². The SMILES string of the molecule is NC(=O)c1cc(CN2C(=O)C3(COc4cc5c(cc43)OCO5)c3ccccc32)oc1C(F)(F)F. The minimum Gasteiger partial charge on any atom is -0.491 e. The first-order valence-electron chi connectivity index (χ1n) is 10.2. The van der Waals surface area contributed by atoms with E-state index in [4.69, 9.17) is 24.4 Å². The largest absolute Gasteiger partial charge is 0.491 e. The van der Waals surface area contributed by atoms with Gasteiger partial charge in [-0.3, -0.25) is 9.59 Å². The number of amides is 2. The summed E-state index contributed by atoms with van der Waals surface area (Å²) in [7, 11) is 0. The summed E-state index contributed by atoms with van der Waals surface area (Å²) in [5.74, 6) is -1.97. The third-order valence-corrected chi connectivity index (χ3v) is 6.26. The predicted molar refractivity (Wildman–Crippen MR) is 109 cm³/mol. The van der Waals surface area contributed by atoms with Crippen LogP contribution in [0.3, 0.4) is 0 Å². The number of anilines is 1. The fourth-order valence-corrected chi connectivity index (χ4v) is 4.79. The topological polar surface area (TPSA) is 104 Å². The molecule has 0 saturated heterocycles. The molecule has 0 saturated carbocycles. The van der Waals surface area contributed by atoms with Gasteiger partial charge in [0, 0.05) is 17.3 Å². The number of carbonyl (C=O) groups excluding carboxylic acids is 2. The summed E-state index contributed by atoms with van der Waals surface area (Å²) >= 11 is 0. The highest BCUT2D eigenvalue weighted by Gasteiger charge is 2.57. The average molecular weight is 472 g/mol. The van der Waals surface area contributed by atoms with Gasteiger partial charge in [0.2, 0.25) is 18.5 Å². The molecule has 11 heteroatoms. The minimum absolute atomic E-state index is 0.00390. The van der Waals surface area contributed by atoms with E-state index in [1.807, 2.05) is 0 Å². The molecule has 4 heterocycles. The third-order valence-electron chi connectivity index (χ3n) is 6.26. The molecule has 1 atom stereocenters. The first-order valence-corrected chi connectivity index (χ1v) is 10.2. The van der Waals surface area contributed by atoms with Crippen LogP contribution in [-0.2, 0) is 22.9 Å². The molecular weight excluding hydrogens is 457 g/mol. The van der Waals surface area contributed by atoms with Crippen LogP contribution in [0.1, 0.15) is 33.0 Å². The zero-order valence-electron chi connectivity index (χ0n) is 17.3. The second-order valence-electron chi connectivity index (χ2n) is 8.12. The molecule has 1 aromatic heterocycles. The summed E-state index contributed by atoms with van der Waals surface area (Å²) < 4.78 is 61.7. The lowest BCUT2D eigenvalue weighted by Gasteiger charge is -2.22. The number of fused-ring (bicyclic) bond motifs is 5. The number of ether oxygens (including phenoxy) is 3. The Morgan fingerprint density at radius 3 is 2.47 bits per heavy atom. The normalized spacial score (nSPS) is 20.0. The Bertz CT molecular complexity index is 1380. The Balaban J connectivity index is 1.45. The molecule has 8 nitrogen and oxygen atoms in total. The summed E-state index contributed by atoms with van der Waals surface area (Å²) in [6, 6.07) is 11.2. The number of halogens is 3. The summed E-state index contributed by atoms with van der Waals surface area (Å²) in [5.41, 5.74) is 4.80. The highest BCUT2D eigenvalue weighted by Crippen LogP contribution is 2.55. The van der Waals surface area contributed by atoms with E-state index in [0.717, 1.165) is 6.07 Å². The fourth-order valence-electron chi connectivity index (χ4n) is 4.79. The van der Waals surface area contributed by atoms with Crippen LogP contribution in [0, 0.1) is 0 Å². The molecular formula is C23H15F3N2O6. The van der Waals surface area contributed by atoms with Crippen molar-refractivity contribution in [2.75, 3.05) is 18.3 Å². The zero-order valence-corrected chi connectivity index (χ0v) is 17.3. The van der Waals surface area contributed by atoms with Crippen molar-refractivity contribution in [3.05, 3.63) is 70.7 Å². The Morgan fingerprint density at radius 1 is 1.03 bits per heavy atom. The molecule has 1 unspecified atom stereocenters. The molecule has 34 heavy (non-hydrogen) atoms. The number of hydrogen-bond acceptors (Lipinski definition) is 6. The van der Waals surface area contributed by atoms with Gasteiger partial charge in [-0.15, -0.1) is 0 Å². The molecule has 1 spiro atoms. The molecule has 2 N–H and O–H groups in total. The van der Waals surface area contributed by atoms with Crippen LogP contribution >= 0.6 is 0 Å². The number of para-hydroxylation sites is 1. The maximum atomic E-state index is 13.9. The van der Waals surface area contributed by atoms with Crippen molar-refractivity contribution in [2.24, 2.45) is 5.73 Å². The number of rotatable bonds is 3. The van der Waals surface area contributed by atoms with Gasteiger partial charge in [-0.1, -0.05) is 18.2 Å². The van der Waals surface area contributed by atoms with E-state index in [0.29, 0.717) is 34.1 Å². The number of furan rings is 1. The van der Waals surface area contributed by atoms with E-state index in [2.05, 4.69) is 0 Å². The van der Waals surface area contributed by atoms with Crippen molar-refractivity contribution in [3.63, 3.8) is 0 Å². The number of hydrogen-bond donors (Lipinski definition) is 1. The number of nitrogens with zero attached hydrogens (tertiary/aromatic N) is 1. The maximum absolute atomic E-state index is 13.9. The first-order chi connectivity index (χ1) is 16.2. The van der Waals surface area contributed by atoms with Gasteiger partial charge in [0.1, 0.15) is 23.5 Å². The van der Waals surface area contributed by atoms with E-state index in [1.165, 1.54) is 4.90 Å². The second kappa shape index (κ2) is 6.69. The van der Waals surface area contributed by atoms with E-state index < -0.39 is 34.7 Å². The third kappa shape index (κ3) is 2.66. The van der Waals surface area contributed by atoms with Crippen LogP contribution in [0.5, 0.6) is 17.2 Å². The molecule has 0 fully saturated rings. The van der Waals surface area contributed by atoms with Crippen molar-refractivity contribution in [2.45, 2.75) is 18.1 Å². The van der Waals surface area contributed by atoms with Gasteiger partial charge in [0.15, 0.2) is 11.5 Å². The van der Waals surface area contributed by atoms with Gasteiger partial charge in [-0.05, 0) is 23.8 Å². The predicted octanol–water partition coefficient (Wildman–Crippen LogP) is 3.35. The standard InChI is InChI=1S/C23H15F3N2O6/c24-23(25,26)19-12(20(27)29)5-11(34-19)8-28-15-4-2-1-3-13(15)22(21(28)30)9-31-16-7-18-17(6-14(16)22)32-10-33-18/h1-7H,8-10H2,(H2,27,29). The van der Waals surface area contributed by atoms with Gasteiger partial charge >= 0.3 is 6.18 Å². The van der Waals surface area contributed by atoms with Crippen LogP contribution in [0.25, 0.3) is 0 Å².